The van der Waals surface area contributed by atoms with Crippen molar-refractivity contribution in [1.29, 1.82) is 0 Å². The maximum absolute atomic E-state index is 13.1. The normalized spacial score (nSPS) is 16.7. The van der Waals surface area contributed by atoms with E-state index >= 15 is 0 Å². The highest BCUT2D eigenvalue weighted by molar-refractivity contribution is 5.96. The van der Waals surface area contributed by atoms with Gasteiger partial charge in [0, 0.05) is 12.6 Å². The second-order valence-corrected chi connectivity index (χ2v) is 5.94. The van der Waals surface area contributed by atoms with Crippen LogP contribution in [0.2, 0.25) is 0 Å². The quantitative estimate of drug-likeness (QED) is 0.889. The van der Waals surface area contributed by atoms with Crippen molar-refractivity contribution < 1.29 is 9.18 Å². The average Bonchev–Trinajstić information content (AvgIpc) is 3.14. The molecule has 1 fully saturated rings. The van der Waals surface area contributed by atoms with Gasteiger partial charge in [0.25, 0.3) is 5.91 Å². The van der Waals surface area contributed by atoms with Gasteiger partial charge in [0.15, 0.2) is 0 Å². The van der Waals surface area contributed by atoms with E-state index in [1.165, 1.54) is 12.1 Å². The van der Waals surface area contributed by atoms with Gasteiger partial charge >= 0.3 is 0 Å². The van der Waals surface area contributed by atoms with Crippen LogP contribution in [-0.2, 0) is 0 Å². The molecule has 0 bridgehead atoms. The number of aromatic nitrogens is 2. The molecule has 0 aliphatic carbocycles. The number of hydrogen-bond donors (Lipinski definition) is 2. The van der Waals surface area contributed by atoms with Crippen LogP contribution in [0, 0.1) is 19.7 Å². The predicted octanol–water partition coefficient (Wildman–Crippen LogP) is 2.53. The van der Waals surface area contributed by atoms with Crippen molar-refractivity contribution in [2.24, 2.45) is 0 Å². The molecule has 2 N–H and O–H groups in total. The number of amides is 1. The first kappa shape index (κ1) is 18.4. The zero-order valence-corrected chi connectivity index (χ0v) is 14.6. The summed E-state index contributed by atoms with van der Waals surface area (Å²) in [5.41, 5.74) is 2.76. The Bertz CT molecular complexity index is 708. The van der Waals surface area contributed by atoms with Gasteiger partial charge < -0.3 is 10.6 Å². The molecule has 1 aromatic carbocycles. The van der Waals surface area contributed by atoms with E-state index in [-0.39, 0.29) is 24.1 Å². The first-order chi connectivity index (χ1) is 11.1. The highest BCUT2D eigenvalue weighted by Gasteiger charge is 2.21. The van der Waals surface area contributed by atoms with Crippen molar-refractivity contribution in [3.63, 3.8) is 0 Å². The van der Waals surface area contributed by atoms with E-state index in [4.69, 9.17) is 0 Å². The molecule has 5 nitrogen and oxygen atoms in total. The minimum absolute atomic E-state index is 0. The van der Waals surface area contributed by atoms with Crippen molar-refractivity contribution in [3.05, 3.63) is 47.0 Å². The number of carbonyl (C=O) groups is 1. The van der Waals surface area contributed by atoms with Gasteiger partial charge in [-0.1, -0.05) is 0 Å². The van der Waals surface area contributed by atoms with E-state index in [2.05, 4.69) is 15.7 Å². The van der Waals surface area contributed by atoms with E-state index in [0.29, 0.717) is 23.8 Å². The molecule has 2 aromatic rings. The lowest BCUT2D eigenvalue weighted by Crippen LogP contribution is -2.37. The van der Waals surface area contributed by atoms with Crippen LogP contribution in [-0.4, -0.2) is 34.8 Å². The van der Waals surface area contributed by atoms with E-state index in [1.54, 1.807) is 16.8 Å². The minimum Gasteiger partial charge on any atom is -0.350 e. The van der Waals surface area contributed by atoms with Gasteiger partial charge in [0.2, 0.25) is 0 Å². The molecule has 1 aromatic heterocycles. The summed E-state index contributed by atoms with van der Waals surface area (Å²) in [5.74, 6) is -0.403. The van der Waals surface area contributed by atoms with Crippen LogP contribution >= 0.6 is 12.4 Å². The minimum atomic E-state index is -0.294. The number of carbonyl (C=O) groups excluding carboxylic acids is 1. The molecule has 1 aliphatic heterocycles. The molecule has 24 heavy (non-hydrogen) atoms. The first-order valence-electron chi connectivity index (χ1n) is 7.90. The van der Waals surface area contributed by atoms with Crippen molar-refractivity contribution in [1.82, 2.24) is 20.4 Å². The van der Waals surface area contributed by atoms with Crippen molar-refractivity contribution in [3.8, 4) is 5.69 Å². The molecule has 7 heteroatoms. The third kappa shape index (κ3) is 3.76. The van der Waals surface area contributed by atoms with Gasteiger partial charge in [0.1, 0.15) is 5.82 Å². The predicted molar refractivity (Wildman–Crippen MR) is 93.6 cm³/mol. The van der Waals surface area contributed by atoms with Gasteiger partial charge in [-0.2, -0.15) is 5.10 Å². The van der Waals surface area contributed by atoms with Gasteiger partial charge in [-0.05, 0) is 57.5 Å². The number of nitrogens with one attached hydrogen (secondary N) is 2. The summed E-state index contributed by atoms with van der Waals surface area (Å²) in [4.78, 5) is 12.5. The molecule has 1 saturated heterocycles. The molecule has 0 saturated carbocycles. The fourth-order valence-corrected chi connectivity index (χ4v) is 3.04. The number of rotatable bonds is 4. The molecule has 3 rings (SSSR count). The van der Waals surface area contributed by atoms with Gasteiger partial charge in [-0.3, -0.25) is 4.79 Å². The summed E-state index contributed by atoms with van der Waals surface area (Å²) in [7, 11) is 0. The molecule has 1 aliphatic rings. The van der Waals surface area contributed by atoms with Crippen molar-refractivity contribution >= 4 is 18.3 Å². The monoisotopic (exact) mass is 352 g/mol. The van der Waals surface area contributed by atoms with E-state index in [0.717, 1.165) is 30.8 Å². The maximum atomic E-state index is 13.1. The Balaban J connectivity index is 0.00000208. The summed E-state index contributed by atoms with van der Waals surface area (Å²) in [6, 6.07) is 6.43. The fourth-order valence-electron chi connectivity index (χ4n) is 3.04. The second-order valence-electron chi connectivity index (χ2n) is 5.94. The van der Waals surface area contributed by atoms with E-state index < -0.39 is 0 Å². The summed E-state index contributed by atoms with van der Waals surface area (Å²) in [5, 5.41) is 10.8. The first-order valence-corrected chi connectivity index (χ1v) is 7.90. The molecular weight excluding hydrogens is 331 g/mol. The molecular formula is C17H22ClFN4O. The van der Waals surface area contributed by atoms with Crippen LogP contribution in [0.4, 0.5) is 4.39 Å². The van der Waals surface area contributed by atoms with Crippen LogP contribution in [0.5, 0.6) is 0 Å². The largest absolute Gasteiger partial charge is 0.350 e. The van der Waals surface area contributed by atoms with Gasteiger partial charge in [0.05, 0.1) is 22.6 Å². The van der Waals surface area contributed by atoms with E-state index in [9.17, 15) is 9.18 Å². The van der Waals surface area contributed by atoms with Gasteiger partial charge in [-0.25, -0.2) is 9.07 Å². The molecule has 0 spiro atoms. The molecule has 1 amide bonds. The zero-order chi connectivity index (χ0) is 16.4. The molecule has 1 unspecified atom stereocenters. The number of halogens is 2. The summed E-state index contributed by atoms with van der Waals surface area (Å²) in [6.07, 6.45) is 2.24. The SMILES string of the molecule is Cc1nn(-c2ccc(F)cc2)c(C)c1C(=O)NCC1CCCN1.Cl. The Morgan fingerprint density at radius 3 is 2.71 bits per heavy atom. The number of aryl methyl sites for hydroxylation is 1. The van der Waals surface area contributed by atoms with Crippen molar-refractivity contribution in [2.45, 2.75) is 32.7 Å². The molecule has 0 radical (unpaired) electrons. The highest BCUT2D eigenvalue weighted by Crippen LogP contribution is 2.18. The van der Waals surface area contributed by atoms with E-state index in [1.807, 2.05) is 13.8 Å². The third-order valence-corrected chi connectivity index (χ3v) is 4.26. The summed E-state index contributed by atoms with van der Waals surface area (Å²) < 4.78 is 14.7. The van der Waals surface area contributed by atoms with Crippen molar-refractivity contribution in [2.75, 3.05) is 13.1 Å². The number of hydrogen-bond acceptors (Lipinski definition) is 3. The topological polar surface area (TPSA) is 59.0 Å². The second kappa shape index (κ2) is 7.77. The highest BCUT2D eigenvalue weighted by atomic mass is 35.5. The molecule has 1 atom stereocenters. The summed E-state index contributed by atoms with van der Waals surface area (Å²) >= 11 is 0. The number of benzene rings is 1. The lowest BCUT2D eigenvalue weighted by molar-refractivity contribution is 0.0949. The van der Waals surface area contributed by atoms with Crippen LogP contribution < -0.4 is 10.6 Å². The fraction of sp³-hybridized carbons (Fsp3) is 0.412. The molecule has 130 valence electrons. The third-order valence-electron chi connectivity index (χ3n) is 4.26. The zero-order valence-electron chi connectivity index (χ0n) is 13.8. The number of nitrogens with zero attached hydrogens (tertiary/aromatic N) is 2. The van der Waals surface area contributed by atoms with Crippen LogP contribution in [0.1, 0.15) is 34.6 Å². The van der Waals surface area contributed by atoms with Crippen LogP contribution in [0.3, 0.4) is 0 Å². The Hall–Kier alpha value is -1.92. The Kier molecular flexibility index (Phi) is 5.96. The van der Waals surface area contributed by atoms with Crippen LogP contribution in [0.25, 0.3) is 5.69 Å². The maximum Gasteiger partial charge on any atom is 0.255 e. The average molecular weight is 353 g/mol. The smallest absolute Gasteiger partial charge is 0.255 e. The lowest BCUT2D eigenvalue weighted by Gasteiger charge is -2.11. The standard InChI is InChI=1S/C17H21FN4O.ClH/c1-11-16(17(23)20-10-14-4-3-9-19-14)12(2)22(21-11)15-7-5-13(18)6-8-15;/h5-8,14,19H,3-4,9-10H2,1-2H3,(H,20,23);1H. The van der Waals surface area contributed by atoms with Crippen LogP contribution in [0.15, 0.2) is 24.3 Å². The van der Waals surface area contributed by atoms with Gasteiger partial charge in [-0.15, -0.1) is 12.4 Å². The summed E-state index contributed by atoms with van der Waals surface area (Å²) in [6.45, 7) is 5.31. The Morgan fingerprint density at radius 2 is 2.08 bits per heavy atom. The lowest BCUT2D eigenvalue weighted by atomic mass is 10.1. The Labute approximate surface area is 147 Å². The molecule has 2 heterocycles. The Morgan fingerprint density at radius 1 is 1.38 bits per heavy atom.